The smallest absolute Gasteiger partial charge is 0.249 e. The Labute approximate surface area is 123 Å². The van der Waals surface area contributed by atoms with E-state index < -0.39 is 11.9 Å². The second-order valence-corrected chi connectivity index (χ2v) is 5.51. The molecule has 1 N–H and O–H groups in total. The number of hydrogen-bond acceptors (Lipinski definition) is 2. The molecule has 1 fully saturated rings. The molecule has 2 amide bonds. The molecular formula is C12H11BrClFN2O2. The largest absolute Gasteiger partial charge is 0.345 e. The van der Waals surface area contributed by atoms with Crippen LogP contribution in [0.2, 0.25) is 5.02 Å². The monoisotopic (exact) mass is 348 g/mol. The highest BCUT2D eigenvalue weighted by Crippen LogP contribution is 2.35. The van der Waals surface area contributed by atoms with Crippen LogP contribution in [0.4, 0.5) is 10.1 Å². The van der Waals surface area contributed by atoms with E-state index in [9.17, 15) is 14.0 Å². The predicted molar refractivity (Wildman–Crippen MR) is 73.7 cm³/mol. The maximum absolute atomic E-state index is 13.2. The Bertz CT molecular complexity index is 530. The van der Waals surface area contributed by atoms with Crippen LogP contribution in [0.25, 0.3) is 0 Å². The fourth-order valence-electron chi connectivity index (χ4n) is 1.95. The maximum Gasteiger partial charge on any atom is 0.249 e. The number of rotatable bonds is 1. The number of nitrogens with zero attached hydrogens (tertiary/aromatic N) is 1. The first-order chi connectivity index (χ1) is 8.90. The lowest BCUT2D eigenvalue weighted by Crippen LogP contribution is -2.43. The van der Waals surface area contributed by atoms with Gasteiger partial charge in [-0.3, -0.25) is 9.59 Å². The van der Waals surface area contributed by atoms with Gasteiger partial charge in [0.15, 0.2) is 0 Å². The SMILES string of the molecule is CC1NC(=O)CCN(c2c(Cl)cc(F)cc2Br)C1=O. The van der Waals surface area contributed by atoms with Gasteiger partial charge in [-0.1, -0.05) is 11.6 Å². The molecule has 1 heterocycles. The molecule has 1 aromatic carbocycles. The minimum Gasteiger partial charge on any atom is -0.345 e. The summed E-state index contributed by atoms with van der Waals surface area (Å²) in [6, 6.07) is 1.74. The molecule has 0 aliphatic carbocycles. The standard InChI is InChI=1S/C12H11BrClFN2O2/c1-6-12(19)17(3-2-10(18)16-6)11-8(13)4-7(15)5-9(11)14/h4-6H,2-3H2,1H3,(H,16,18). The van der Waals surface area contributed by atoms with Gasteiger partial charge in [0, 0.05) is 17.4 Å². The van der Waals surface area contributed by atoms with Crippen molar-refractivity contribution in [2.24, 2.45) is 0 Å². The van der Waals surface area contributed by atoms with E-state index in [0.717, 1.165) is 6.07 Å². The second kappa shape index (κ2) is 5.46. The first-order valence-corrected chi connectivity index (χ1v) is 6.82. The quantitative estimate of drug-likeness (QED) is 0.847. The lowest BCUT2D eigenvalue weighted by molar-refractivity contribution is -0.125. The Kier molecular flexibility index (Phi) is 4.10. The van der Waals surface area contributed by atoms with E-state index in [-0.39, 0.29) is 29.8 Å². The summed E-state index contributed by atoms with van der Waals surface area (Å²) in [5.74, 6) is -0.970. The van der Waals surface area contributed by atoms with Gasteiger partial charge in [-0.15, -0.1) is 0 Å². The Balaban J connectivity index is 2.45. The van der Waals surface area contributed by atoms with Crippen LogP contribution in [-0.2, 0) is 9.59 Å². The van der Waals surface area contributed by atoms with Gasteiger partial charge in [0.05, 0.1) is 10.7 Å². The highest BCUT2D eigenvalue weighted by atomic mass is 79.9. The number of anilines is 1. The summed E-state index contributed by atoms with van der Waals surface area (Å²) in [5, 5.41) is 2.71. The van der Waals surface area contributed by atoms with E-state index in [1.54, 1.807) is 6.92 Å². The van der Waals surface area contributed by atoms with Crippen LogP contribution in [0.1, 0.15) is 13.3 Å². The summed E-state index contributed by atoms with van der Waals surface area (Å²) in [6.07, 6.45) is 0.177. The van der Waals surface area contributed by atoms with Gasteiger partial charge in [-0.05, 0) is 35.0 Å². The van der Waals surface area contributed by atoms with Gasteiger partial charge in [0.25, 0.3) is 0 Å². The van der Waals surface area contributed by atoms with Gasteiger partial charge in [-0.2, -0.15) is 0 Å². The lowest BCUT2D eigenvalue weighted by atomic mass is 10.2. The van der Waals surface area contributed by atoms with Crippen LogP contribution in [0.15, 0.2) is 16.6 Å². The van der Waals surface area contributed by atoms with Crippen molar-refractivity contribution in [3.8, 4) is 0 Å². The van der Waals surface area contributed by atoms with Crippen LogP contribution in [-0.4, -0.2) is 24.4 Å². The van der Waals surface area contributed by atoms with Crippen molar-refractivity contribution in [3.05, 3.63) is 27.4 Å². The number of hydrogen-bond donors (Lipinski definition) is 1. The minimum atomic E-state index is -0.636. The summed E-state index contributed by atoms with van der Waals surface area (Å²) >= 11 is 9.20. The highest BCUT2D eigenvalue weighted by Gasteiger charge is 2.30. The minimum absolute atomic E-state index is 0.127. The van der Waals surface area contributed by atoms with E-state index >= 15 is 0 Å². The first kappa shape index (κ1) is 14.3. The molecule has 19 heavy (non-hydrogen) atoms. The van der Waals surface area contributed by atoms with Crippen molar-refractivity contribution in [2.75, 3.05) is 11.4 Å². The zero-order valence-electron chi connectivity index (χ0n) is 10.0. The molecule has 2 rings (SSSR count). The van der Waals surface area contributed by atoms with Gasteiger partial charge in [0.2, 0.25) is 11.8 Å². The van der Waals surface area contributed by atoms with Crippen molar-refractivity contribution in [1.29, 1.82) is 0 Å². The summed E-state index contributed by atoms with van der Waals surface area (Å²) < 4.78 is 13.6. The molecule has 1 saturated heterocycles. The Morgan fingerprint density at radius 2 is 2.16 bits per heavy atom. The summed E-state index contributed by atoms with van der Waals surface area (Å²) in [7, 11) is 0. The fraction of sp³-hybridized carbons (Fsp3) is 0.333. The summed E-state index contributed by atoms with van der Waals surface area (Å²) in [4.78, 5) is 25.1. The number of benzene rings is 1. The van der Waals surface area contributed by atoms with E-state index in [1.807, 2.05) is 0 Å². The molecule has 0 radical (unpaired) electrons. The normalized spacial score (nSPS) is 20.2. The molecule has 1 aromatic rings. The van der Waals surface area contributed by atoms with Gasteiger partial charge < -0.3 is 10.2 Å². The second-order valence-electron chi connectivity index (χ2n) is 4.25. The van der Waals surface area contributed by atoms with Crippen molar-refractivity contribution in [2.45, 2.75) is 19.4 Å². The fourth-order valence-corrected chi connectivity index (χ4v) is 3.02. The van der Waals surface area contributed by atoms with E-state index in [1.165, 1.54) is 11.0 Å². The number of carbonyl (C=O) groups is 2. The van der Waals surface area contributed by atoms with Crippen LogP contribution in [0.3, 0.4) is 0 Å². The molecule has 1 unspecified atom stereocenters. The van der Waals surface area contributed by atoms with Gasteiger partial charge in [0.1, 0.15) is 11.9 Å². The molecular weight excluding hydrogens is 338 g/mol. The molecule has 0 aromatic heterocycles. The van der Waals surface area contributed by atoms with Crippen LogP contribution in [0.5, 0.6) is 0 Å². The Morgan fingerprint density at radius 1 is 1.47 bits per heavy atom. The summed E-state index contributed by atoms with van der Waals surface area (Å²) in [6.45, 7) is 1.81. The third-order valence-corrected chi connectivity index (χ3v) is 3.72. The number of carbonyl (C=O) groups excluding carboxylic acids is 2. The molecule has 0 bridgehead atoms. The predicted octanol–water partition coefficient (Wildman–Crippen LogP) is 2.48. The average Bonchev–Trinajstić information content (AvgIpc) is 2.41. The van der Waals surface area contributed by atoms with Crippen molar-refractivity contribution in [1.82, 2.24) is 5.32 Å². The number of halogens is 3. The van der Waals surface area contributed by atoms with Crippen molar-refractivity contribution < 1.29 is 14.0 Å². The highest BCUT2D eigenvalue weighted by molar-refractivity contribution is 9.10. The molecule has 1 atom stereocenters. The third kappa shape index (κ3) is 2.90. The van der Waals surface area contributed by atoms with Crippen molar-refractivity contribution in [3.63, 3.8) is 0 Å². The molecule has 102 valence electrons. The first-order valence-electron chi connectivity index (χ1n) is 5.65. The molecule has 7 heteroatoms. The summed E-state index contributed by atoms with van der Waals surface area (Å²) in [5.41, 5.74) is 0.386. The van der Waals surface area contributed by atoms with E-state index in [0.29, 0.717) is 10.2 Å². The lowest BCUT2D eigenvalue weighted by Gasteiger charge is -2.24. The van der Waals surface area contributed by atoms with Crippen LogP contribution in [0, 0.1) is 5.82 Å². The number of nitrogens with one attached hydrogen (secondary N) is 1. The average molecular weight is 350 g/mol. The van der Waals surface area contributed by atoms with Crippen LogP contribution >= 0.6 is 27.5 Å². The van der Waals surface area contributed by atoms with E-state index in [2.05, 4.69) is 21.2 Å². The van der Waals surface area contributed by atoms with Gasteiger partial charge in [-0.25, -0.2) is 4.39 Å². The Morgan fingerprint density at radius 3 is 2.79 bits per heavy atom. The van der Waals surface area contributed by atoms with E-state index in [4.69, 9.17) is 11.6 Å². The molecule has 1 aliphatic rings. The molecule has 1 aliphatic heterocycles. The molecule has 0 spiro atoms. The zero-order valence-corrected chi connectivity index (χ0v) is 12.4. The van der Waals surface area contributed by atoms with Crippen molar-refractivity contribution >= 4 is 45.0 Å². The number of amides is 2. The van der Waals surface area contributed by atoms with Gasteiger partial charge >= 0.3 is 0 Å². The third-order valence-electron chi connectivity index (χ3n) is 2.83. The zero-order chi connectivity index (χ0) is 14.2. The Hall–Kier alpha value is -1.14. The molecule has 0 saturated carbocycles. The van der Waals surface area contributed by atoms with Crippen LogP contribution < -0.4 is 10.2 Å². The maximum atomic E-state index is 13.2. The topological polar surface area (TPSA) is 49.4 Å². The molecule has 4 nitrogen and oxygen atoms in total.